The van der Waals surface area contributed by atoms with Gasteiger partial charge in [0.05, 0.1) is 33.0 Å². The van der Waals surface area contributed by atoms with E-state index >= 15 is 0 Å². The molecule has 1 N–H and O–H groups in total. The average molecular weight is 322 g/mol. The molecular weight excluding hydrogens is 296 g/mol. The van der Waals surface area contributed by atoms with E-state index in [0.717, 1.165) is 11.3 Å². The highest BCUT2D eigenvalue weighted by Crippen LogP contribution is 2.27. The summed E-state index contributed by atoms with van der Waals surface area (Å²) in [5.74, 6) is 0.248. The normalized spacial score (nSPS) is 21.7. The topological polar surface area (TPSA) is 57.2 Å². The van der Waals surface area contributed by atoms with Crippen molar-refractivity contribution >= 4 is 0 Å². The molecule has 1 aromatic carbocycles. The third-order valence-electron chi connectivity index (χ3n) is 3.71. The minimum absolute atomic E-state index is 0.0265. The fourth-order valence-corrected chi connectivity index (χ4v) is 2.46. The SMILES string of the molecule is COc1ccc(CO[C@@H](CC=CCO)[C@H]2COC(C)(C)O2)cc1. The Hall–Kier alpha value is -1.40. The molecule has 0 bridgehead atoms. The predicted octanol–water partition coefficient (Wildman–Crippen LogP) is 2.67. The van der Waals surface area contributed by atoms with Gasteiger partial charge < -0.3 is 24.1 Å². The summed E-state index contributed by atoms with van der Waals surface area (Å²) in [6.45, 7) is 4.82. The molecule has 1 aliphatic rings. The smallest absolute Gasteiger partial charge is 0.163 e. The molecule has 0 aliphatic carbocycles. The van der Waals surface area contributed by atoms with Gasteiger partial charge in [-0.2, -0.15) is 0 Å². The summed E-state index contributed by atoms with van der Waals surface area (Å²) in [6, 6.07) is 7.79. The lowest BCUT2D eigenvalue weighted by atomic mass is 10.1. The molecule has 1 fully saturated rings. The van der Waals surface area contributed by atoms with Crippen LogP contribution in [0.2, 0.25) is 0 Å². The lowest BCUT2D eigenvalue weighted by Gasteiger charge is -2.24. The van der Waals surface area contributed by atoms with Crippen LogP contribution in [0, 0.1) is 0 Å². The zero-order valence-electron chi connectivity index (χ0n) is 14.0. The Morgan fingerprint density at radius 1 is 1.30 bits per heavy atom. The molecule has 0 unspecified atom stereocenters. The van der Waals surface area contributed by atoms with E-state index in [0.29, 0.717) is 19.6 Å². The van der Waals surface area contributed by atoms with Crippen molar-refractivity contribution in [2.45, 2.75) is 44.9 Å². The maximum atomic E-state index is 8.89. The molecular formula is C18H26O5. The van der Waals surface area contributed by atoms with E-state index in [2.05, 4.69) is 0 Å². The van der Waals surface area contributed by atoms with Crippen LogP contribution in [0.4, 0.5) is 0 Å². The molecule has 0 aromatic heterocycles. The van der Waals surface area contributed by atoms with Gasteiger partial charge in [0, 0.05) is 0 Å². The summed E-state index contributed by atoms with van der Waals surface area (Å²) in [4.78, 5) is 0. The molecule has 0 radical (unpaired) electrons. The van der Waals surface area contributed by atoms with Gasteiger partial charge in [-0.25, -0.2) is 0 Å². The second kappa shape index (κ2) is 8.45. The third kappa shape index (κ3) is 5.62. The van der Waals surface area contributed by atoms with E-state index in [-0.39, 0.29) is 18.8 Å². The van der Waals surface area contributed by atoms with Gasteiger partial charge in [0.1, 0.15) is 11.9 Å². The predicted molar refractivity (Wildman–Crippen MR) is 87.3 cm³/mol. The first-order valence-corrected chi connectivity index (χ1v) is 7.86. The number of aliphatic hydroxyl groups excluding tert-OH is 1. The molecule has 0 saturated carbocycles. The van der Waals surface area contributed by atoms with Crippen molar-refractivity contribution in [3.63, 3.8) is 0 Å². The van der Waals surface area contributed by atoms with Crippen LogP contribution in [0.15, 0.2) is 36.4 Å². The Labute approximate surface area is 137 Å². The van der Waals surface area contributed by atoms with Gasteiger partial charge in [-0.15, -0.1) is 0 Å². The molecule has 0 spiro atoms. The second-order valence-corrected chi connectivity index (χ2v) is 5.95. The van der Waals surface area contributed by atoms with Gasteiger partial charge in [-0.3, -0.25) is 0 Å². The van der Waals surface area contributed by atoms with Gasteiger partial charge in [0.2, 0.25) is 0 Å². The maximum absolute atomic E-state index is 8.89. The van der Waals surface area contributed by atoms with E-state index < -0.39 is 5.79 Å². The van der Waals surface area contributed by atoms with Crippen LogP contribution in [-0.2, 0) is 20.8 Å². The number of aliphatic hydroxyl groups is 1. The lowest BCUT2D eigenvalue weighted by molar-refractivity contribution is -0.157. The highest BCUT2D eigenvalue weighted by atomic mass is 16.7. The van der Waals surface area contributed by atoms with Crippen LogP contribution in [0.25, 0.3) is 0 Å². The van der Waals surface area contributed by atoms with Crippen LogP contribution in [0.5, 0.6) is 5.75 Å². The van der Waals surface area contributed by atoms with Crippen LogP contribution in [0.3, 0.4) is 0 Å². The highest BCUT2D eigenvalue weighted by Gasteiger charge is 2.37. The fourth-order valence-electron chi connectivity index (χ4n) is 2.46. The molecule has 2 rings (SSSR count). The number of hydrogen-bond acceptors (Lipinski definition) is 5. The molecule has 2 atom stereocenters. The summed E-state index contributed by atoms with van der Waals surface area (Å²) in [7, 11) is 1.65. The summed E-state index contributed by atoms with van der Waals surface area (Å²) >= 11 is 0. The van der Waals surface area contributed by atoms with E-state index in [9.17, 15) is 0 Å². The molecule has 23 heavy (non-hydrogen) atoms. The largest absolute Gasteiger partial charge is 0.497 e. The molecule has 5 nitrogen and oxygen atoms in total. The third-order valence-corrected chi connectivity index (χ3v) is 3.71. The molecule has 128 valence electrons. The molecule has 1 saturated heterocycles. The Morgan fingerprint density at radius 3 is 2.61 bits per heavy atom. The molecule has 1 aromatic rings. The Morgan fingerprint density at radius 2 is 2.04 bits per heavy atom. The van der Waals surface area contributed by atoms with E-state index in [4.69, 9.17) is 24.1 Å². The summed E-state index contributed by atoms with van der Waals surface area (Å²) < 4.78 is 22.7. The number of rotatable bonds is 8. The van der Waals surface area contributed by atoms with Gasteiger partial charge in [0.25, 0.3) is 0 Å². The summed E-state index contributed by atoms with van der Waals surface area (Å²) in [6.07, 6.45) is 4.05. The molecule has 5 heteroatoms. The van der Waals surface area contributed by atoms with E-state index in [1.54, 1.807) is 13.2 Å². The summed E-state index contributed by atoms with van der Waals surface area (Å²) in [5.41, 5.74) is 1.07. The quantitative estimate of drug-likeness (QED) is 0.746. The lowest BCUT2D eigenvalue weighted by Crippen LogP contribution is -2.32. The van der Waals surface area contributed by atoms with Crippen molar-refractivity contribution < 1.29 is 24.1 Å². The van der Waals surface area contributed by atoms with Crippen LogP contribution >= 0.6 is 0 Å². The van der Waals surface area contributed by atoms with Gasteiger partial charge in [0.15, 0.2) is 5.79 Å². The standard InChI is InChI=1S/C18H26O5/c1-18(2)22-13-17(23-18)16(6-4-5-11-19)21-12-14-7-9-15(20-3)10-8-14/h4-5,7-10,16-17,19H,6,11-13H2,1-3H3/t16-,17+/m0/s1. The van der Waals surface area contributed by atoms with E-state index in [1.807, 2.05) is 44.2 Å². The number of ether oxygens (including phenoxy) is 4. The van der Waals surface area contributed by atoms with Crippen molar-refractivity contribution in [2.24, 2.45) is 0 Å². The van der Waals surface area contributed by atoms with Crippen molar-refractivity contribution in [1.82, 2.24) is 0 Å². The van der Waals surface area contributed by atoms with Crippen LogP contribution < -0.4 is 4.74 Å². The Bertz CT molecular complexity index is 495. The maximum Gasteiger partial charge on any atom is 0.163 e. The first-order valence-electron chi connectivity index (χ1n) is 7.86. The van der Waals surface area contributed by atoms with Crippen LogP contribution in [0.1, 0.15) is 25.8 Å². The van der Waals surface area contributed by atoms with Gasteiger partial charge >= 0.3 is 0 Å². The highest BCUT2D eigenvalue weighted by molar-refractivity contribution is 5.26. The van der Waals surface area contributed by atoms with Crippen LogP contribution in [-0.4, -0.2) is 43.4 Å². The fraction of sp³-hybridized carbons (Fsp3) is 0.556. The zero-order valence-corrected chi connectivity index (χ0v) is 14.0. The monoisotopic (exact) mass is 322 g/mol. The molecule has 0 amide bonds. The van der Waals surface area contributed by atoms with Gasteiger partial charge in [-0.05, 0) is 38.0 Å². The van der Waals surface area contributed by atoms with E-state index in [1.165, 1.54) is 0 Å². The molecule has 1 heterocycles. The molecule has 1 aliphatic heterocycles. The van der Waals surface area contributed by atoms with Gasteiger partial charge in [-0.1, -0.05) is 24.3 Å². The minimum atomic E-state index is -0.576. The average Bonchev–Trinajstić information content (AvgIpc) is 2.91. The number of benzene rings is 1. The zero-order chi connectivity index (χ0) is 16.7. The first kappa shape index (κ1) is 17.9. The Kier molecular flexibility index (Phi) is 6.59. The number of methoxy groups -OCH3 is 1. The second-order valence-electron chi connectivity index (χ2n) is 5.95. The number of hydrogen-bond donors (Lipinski definition) is 1. The Balaban J connectivity index is 1.94. The van der Waals surface area contributed by atoms with Crippen molar-refractivity contribution in [1.29, 1.82) is 0 Å². The van der Waals surface area contributed by atoms with Crippen molar-refractivity contribution in [3.8, 4) is 5.75 Å². The van der Waals surface area contributed by atoms with Crippen molar-refractivity contribution in [3.05, 3.63) is 42.0 Å². The first-order chi connectivity index (χ1) is 11.0. The van der Waals surface area contributed by atoms with Crippen molar-refractivity contribution in [2.75, 3.05) is 20.3 Å². The summed E-state index contributed by atoms with van der Waals surface area (Å²) in [5, 5.41) is 8.89. The minimum Gasteiger partial charge on any atom is -0.497 e.